The number of carbonyl (C=O) groups is 1. The molecule has 140 valence electrons. The van der Waals surface area contributed by atoms with Gasteiger partial charge >= 0.3 is 0 Å². The van der Waals surface area contributed by atoms with Gasteiger partial charge in [0.25, 0.3) is 11.8 Å². The van der Waals surface area contributed by atoms with Gasteiger partial charge in [-0.1, -0.05) is 12.1 Å². The van der Waals surface area contributed by atoms with Gasteiger partial charge in [0.1, 0.15) is 5.75 Å². The molecule has 0 saturated carbocycles. The first-order valence-corrected chi connectivity index (χ1v) is 8.75. The predicted molar refractivity (Wildman–Crippen MR) is 103 cm³/mol. The van der Waals surface area contributed by atoms with Crippen molar-refractivity contribution in [3.8, 4) is 28.9 Å². The van der Waals surface area contributed by atoms with E-state index in [4.69, 9.17) is 13.6 Å². The summed E-state index contributed by atoms with van der Waals surface area (Å²) in [6, 6.07) is 17.7. The molecule has 0 fully saturated rings. The fourth-order valence-electron chi connectivity index (χ4n) is 2.67. The molecule has 0 unspecified atom stereocenters. The summed E-state index contributed by atoms with van der Waals surface area (Å²) >= 11 is 0. The molecule has 0 saturated heterocycles. The van der Waals surface area contributed by atoms with Crippen LogP contribution in [0.25, 0.3) is 23.1 Å². The molecule has 0 radical (unpaired) electrons. The standard InChI is InChI=1S/C21H17N3O4/c1-2-26-17-9-4-6-14(13-17)19(25)22-16-8-3-7-15(12-16)20-23-24-21(28-20)18-10-5-11-27-18/h3-13H,2H2,1H3,(H,22,25). The SMILES string of the molecule is CCOc1cccc(C(=O)Nc2cccc(-c3nnc(-c4ccco4)o3)c2)c1. The number of anilines is 1. The van der Waals surface area contributed by atoms with Crippen molar-refractivity contribution in [1.29, 1.82) is 0 Å². The molecule has 4 aromatic rings. The number of ether oxygens (including phenoxy) is 1. The normalized spacial score (nSPS) is 10.6. The predicted octanol–water partition coefficient (Wildman–Crippen LogP) is 4.65. The summed E-state index contributed by atoms with van der Waals surface area (Å²) in [6.07, 6.45) is 1.54. The van der Waals surface area contributed by atoms with Gasteiger partial charge in [0.05, 0.1) is 12.9 Å². The Morgan fingerprint density at radius 2 is 1.89 bits per heavy atom. The number of nitrogens with one attached hydrogen (secondary N) is 1. The second-order valence-electron chi connectivity index (χ2n) is 5.89. The lowest BCUT2D eigenvalue weighted by molar-refractivity contribution is 0.102. The molecule has 7 nitrogen and oxygen atoms in total. The Balaban J connectivity index is 1.53. The molecule has 1 amide bonds. The fraction of sp³-hybridized carbons (Fsp3) is 0.0952. The second kappa shape index (κ2) is 7.79. The molecular formula is C21H17N3O4. The van der Waals surface area contributed by atoms with E-state index in [1.165, 1.54) is 6.26 Å². The van der Waals surface area contributed by atoms with Crippen molar-refractivity contribution in [1.82, 2.24) is 10.2 Å². The fourth-order valence-corrected chi connectivity index (χ4v) is 2.67. The summed E-state index contributed by atoms with van der Waals surface area (Å²) < 4.78 is 16.4. The van der Waals surface area contributed by atoms with Crippen molar-refractivity contribution in [3.05, 3.63) is 72.5 Å². The summed E-state index contributed by atoms with van der Waals surface area (Å²) in [6.45, 7) is 2.43. The van der Waals surface area contributed by atoms with Gasteiger partial charge in [-0.3, -0.25) is 4.79 Å². The molecule has 7 heteroatoms. The van der Waals surface area contributed by atoms with Crippen LogP contribution in [0.1, 0.15) is 17.3 Å². The zero-order chi connectivity index (χ0) is 19.3. The van der Waals surface area contributed by atoms with Gasteiger partial charge in [0.2, 0.25) is 5.89 Å². The van der Waals surface area contributed by atoms with Gasteiger partial charge in [-0.15, -0.1) is 10.2 Å². The number of benzene rings is 2. The Kier molecular flexibility index (Phi) is 4.88. The molecule has 2 aromatic carbocycles. The molecule has 0 aliphatic heterocycles. The monoisotopic (exact) mass is 375 g/mol. The quantitative estimate of drug-likeness (QED) is 0.528. The van der Waals surface area contributed by atoms with E-state index < -0.39 is 0 Å². The molecule has 0 spiro atoms. The van der Waals surface area contributed by atoms with Crippen molar-refractivity contribution in [3.63, 3.8) is 0 Å². The first-order chi connectivity index (χ1) is 13.7. The zero-order valence-electron chi connectivity index (χ0n) is 15.1. The minimum absolute atomic E-state index is 0.236. The highest BCUT2D eigenvalue weighted by atomic mass is 16.5. The van der Waals surface area contributed by atoms with Gasteiger partial charge in [0.15, 0.2) is 5.76 Å². The number of hydrogen-bond acceptors (Lipinski definition) is 6. The van der Waals surface area contributed by atoms with Crippen LogP contribution in [-0.2, 0) is 0 Å². The number of aromatic nitrogens is 2. The van der Waals surface area contributed by atoms with Crippen LogP contribution in [0.2, 0.25) is 0 Å². The molecular weight excluding hydrogens is 358 g/mol. The summed E-state index contributed by atoms with van der Waals surface area (Å²) in [5.74, 6) is 1.54. The van der Waals surface area contributed by atoms with Crippen LogP contribution < -0.4 is 10.1 Å². The Morgan fingerprint density at radius 3 is 2.71 bits per heavy atom. The summed E-state index contributed by atoms with van der Waals surface area (Å²) in [7, 11) is 0. The van der Waals surface area contributed by atoms with Crippen molar-refractivity contribution in [2.45, 2.75) is 6.92 Å². The third-order valence-corrected chi connectivity index (χ3v) is 3.93. The maximum absolute atomic E-state index is 12.5. The van der Waals surface area contributed by atoms with Gasteiger partial charge in [-0.25, -0.2) is 0 Å². The Bertz CT molecular complexity index is 1090. The molecule has 4 rings (SSSR count). The minimum Gasteiger partial charge on any atom is -0.494 e. The third kappa shape index (κ3) is 3.78. The van der Waals surface area contributed by atoms with E-state index in [1.54, 1.807) is 48.5 Å². The third-order valence-electron chi connectivity index (χ3n) is 3.93. The van der Waals surface area contributed by atoms with Crippen molar-refractivity contribution >= 4 is 11.6 Å². The molecule has 0 aliphatic rings. The number of furan rings is 1. The van der Waals surface area contributed by atoms with E-state index in [0.29, 0.717) is 46.7 Å². The highest BCUT2D eigenvalue weighted by molar-refractivity contribution is 6.04. The maximum atomic E-state index is 12.5. The molecule has 0 aliphatic carbocycles. The smallest absolute Gasteiger partial charge is 0.283 e. The lowest BCUT2D eigenvalue weighted by atomic mass is 10.1. The summed E-state index contributed by atoms with van der Waals surface area (Å²) in [5.41, 5.74) is 1.81. The number of hydrogen-bond donors (Lipinski definition) is 1. The van der Waals surface area contributed by atoms with Crippen LogP contribution in [-0.4, -0.2) is 22.7 Å². The van der Waals surface area contributed by atoms with Crippen LogP contribution in [0.3, 0.4) is 0 Å². The number of rotatable bonds is 6. The molecule has 0 bridgehead atoms. The van der Waals surface area contributed by atoms with Gasteiger partial charge in [0, 0.05) is 16.8 Å². The second-order valence-corrected chi connectivity index (χ2v) is 5.89. The van der Waals surface area contributed by atoms with Gasteiger partial charge < -0.3 is 18.9 Å². The topological polar surface area (TPSA) is 90.4 Å². The summed E-state index contributed by atoms with van der Waals surface area (Å²) in [5, 5.41) is 10.9. The number of nitrogens with zero attached hydrogens (tertiary/aromatic N) is 2. The summed E-state index contributed by atoms with van der Waals surface area (Å²) in [4.78, 5) is 12.5. The molecule has 2 heterocycles. The highest BCUT2D eigenvalue weighted by Gasteiger charge is 2.13. The minimum atomic E-state index is -0.236. The van der Waals surface area contributed by atoms with Crippen molar-refractivity contribution < 1.29 is 18.4 Å². The average molecular weight is 375 g/mol. The lowest BCUT2D eigenvalue weighted by Crippen LogP contribution is -2.12. The van der Waals surface area contributed by atoms with Gasteiger partial charge in [-0.2, -0.15) is 0 Å². The van der Waals surface area contributed by atoms with Crippen LogP contribution in [0.15, 0.2) is 75.8 Å². The molecule has 28 heavy (non-hydrogen) atoms. The first kappa shape index (κ1) is 17.5. The van der Waals surface area contributed by atoms with E-state index in [0.717, 1.165) is 0 Å². The van der Waals surface area contributed by atoms with E-state index in [2.05, 4.69) is 15.5 Å². The lowest BCUT2D eigenvalue weighted by Gasteiger charge is -2.08. The van der Waals surface area contributed by atoms with Crippen molar-refractivity contribution in [2.24, 2.45) is 0 Å². The van der Waals surface area contributed by atoms with E-state index >= 15 is 0 Å². The Labute approximate surface area is 161 Å². The van der Waals surface area contributed by atoms with Crippen LogP contribution in [0.4, 0.5) is 5.69 Å². The van der Waals surface area contributed by atoms with E-state index in [-0.39, 0.29) is 5.91 Å². The maximum Gasteiger partial charge on any atom is 0.283 e. The Morgan fingerprint density at radius 1 is 1.04 bits per heavy atom. The zero-order valence-corrected chi connectivity index (χ0v) is 15.1. The van der Waals surface area contributed by atoms with Crippen LogP contribution >= 0.6 is 0 Å². The van der Waals surface area contributed by atoms with Crippen LogP contribution in [0.5, 0.6) is 5.75 Å². The Hall–Kier alpha value is -3.87. The molecule has 2 aromatic heterocycles. The van der Waals surface area contributed by atoms with E-state index in [1.807, 2.05) is 19.1 Å². The first-order valence-electron chi connectivity index (χ1n) is 8.75. The molecule has 1 N–H and O–H groups in total. The van der Waals surface area contributed by atoms with Crippen molar-refractivity contribution in [2.75, 3.05) is 11.9 Å². The average Bonchev–Trinajstić information content (AvgIpc) is 3.40. The van der Waals surface area contributed by atoms with E-state index in [9.17, 15) is 4.79 Å². The molecule has 0 atom stereocenters. The highest BCUT2D eigenvalue weighted by Crippen LogP contribution is 2.26. The number of carbonyl (C=O) groups excluding carboxylic acids is 1. The number of amides is 1. The van der Waals surface area contributed by atoms with Gasteiger partial charge in [-0.05, 0) is 55.5 Å². The largest absolute Gasteiger partial charge is 0.494 e. The van der Waals surface area contributed by atoms with Crippen LogP contribution in [0, 0.1) is 0 Å².